The predicted molar refractivity (Wildman–Crippen MR) is 120 cm³/mol. The normalized spacial score (nSPS) is 26.3. The second-order valence-corrected chi connectivity index (χ2v) is 9.19. The minimum absolute atomic E-state index is 0.200. The molecule has 2 aromatic rings. The van der Waals surface area contributed by atoms with Gasteiger partial charge in [0.15, 0.2) is 0 Å². The molecule has 1 aliphatic heterocycles. The molecular weight excluding hydrogens is 420 g/mol. The Labute approximate surface area is 192 Å². The largest absolute Gasteiger partial charge is 0.465 e. The number of anilines is 1. The lowest BCUT2D eigenvalue weighted by atomic mass is 9.81. The van der Waals surface area contributed by atoms with Crippen molar-refractivity contribution < 1.29 is 23.9 Å². The van der Waals surface area contributed by atoms with Crippen molar-refractivity contribution in [3.63, 3.8) is 0 Å². The topological polar surface area (TPSA) is 92.8 Å². The molecule has 2 bridgehead atoms. The molecule has 1 heterocycles. The maximum absolute atomic E-state index is 13.4. The fourth-order valence-electron chi connectivity index (χ4n) is 5.91. The van der Waals surface area contributed by atoms with Gasteiger partial charge in [0.25, 0.3) is 0 Å². The zero-order valence-corrected chi connectivity index (χ0v) is 18.4. The molecular formula is C26H26N2O5. The number of likely N-dealkylation sites (tertiary alicyclic amines) is 1. The molecule has 2 aromatic carbocycles. The van der Waals surface area contributed by atoms with Crippen molar-refractivity contribution >= 4 is 29.4 Å². The van der Waals surface area contributed by atoms with E-state index in [1.165, 1.54) is 12.0 Å². The smallest absolute Gasteiger partial charge is 0.337 e. The van der Waals surface area contributed by atoms with Gasteiger partial charge in [-0.3, -0.25) is 19.3 Å². The van der Waals surface area contributed by atoms with Crippen LogP contribution in [-0.2, 0) is 25.5 Å². The number of hydrogen-bond acceptors (Lipinski definition) is 5. The minimum atomic E-state index is -0.933. The van der Waals surface area contributed by atoms with Crippen molar-refractivity contribution in [1.29, 1.82) is 0 Å². The molecule has 2 saturated carbocycles. The molecule has 3 fully saturated rings. The van der Waals surface area contributed by atoms with Gasteiger partial charge in [-0.25, -0.2) is 4.79 Å². The van der Waals surface area contributed by atoms with Crippen molar-refractivity contribution in [3.8, 4) is 0 Å². The number of benzene rings is 2. The number of nitrogens with one attached hydrogen (secondary N) is 1. The summed E-state index contributed by atoms with van der Waals surface area (Å²) in [5.74, 6) is -1.32. The van der Waals surface area contributed by atoms with Crippen LogP contribution in [0.4, 0.5) is 5.69 Å². The van der Waals surface area contributed by atoms with E-state index in [0.29, 0.717) is 11.3 Å². The fraction of sp³-hybridized carbons (Fsp3) is 0.385. The number of fused-ring (bicyclic) bond motifs is 5. The van der Waals surface area contributed by atoms with Crippen LogP contribution in [0, 0.1) is 23.7 Å². The molecule has 0 spiro atoms. The first-order chi connectivity index (χ1) is 16.0. The van der Waals surface area contributed by atoms with Crippen molar-refractivity contribution in [1.82, 2.24) is 4.90 Å². The highest BCUT2D eigenvalue weighted by molar-refractivity contribution is 6.10. The minimum Gasteiger partial charge on any atom is -0.465 e. The zero-order valence-electron chi connectivity index (χ0n) is 18.4. The van der Waals surface area contributed by atoms with Gasteiger partial charge in [-0.2, -0.15) is 0 Å². The van der Waals surface area contributed by atoms with Gasteiger partial charge >= 0.3 is 5.97 Å². The van der Waals surface area contributed by atoms with Gasteiger partial charge in [0.1, 0.15) is 6.04 Å². The van der Waals surface area contributed by atoms with Crippen LogP contribution in [0.15, 0.2) is 54.6 Å². The van der Waals surface area contributed by atoms with E-state index in [1.807, 2.05) is 30.3 Å². The number of esters is 1. The van der Waals surface area contributed by atoms with E-state index in [1.54, 1.807) is 24.3 Å². The Bertz CT molecular complexity index is 1070. The number of amides is 3. The molecule has 0 radical (unpaired) electrons. The van der Waals surface area contributed by atoms with Gasteiger partial charge in [-0.05, 0) is 60.9 Å². The molecule has 3 aliphatic rings. The van der Waals surface area contributed by atoms with Crippen molar-refractivity contribution in [3.05, 3.63) is 65.7 Å². The van der Waals surface area contributed by atoms with Gasteiger partial charge in [-0.15, -0.1) is 0 Å². The molecule has 33 heavy (non-hydrogen) atoms. The summed E-state index contributed by atoms with van der Waals surface area (Å²) in [6, 6.07) is 14.8. The van der Waals surface area contributed by atoms with Gasteiger partial charge in [-0.1, -0.05) is 30.3 Å². The van der Waals surface area contributed by atoms with Gasteiger partial charge in [0.2, 0.25) is 17.7 Å². The molecule has 5 atom stereocenters. The average molecular weight is 447 g/mol. The SMILES string of the molecule is COC(=O)c1ccc(NC(=O)C(Cc2ccccc2)N2C(=O)C3C4CCC(C4)C3C2=O)cc1. The standard InChI is InChI=1S/C26H26N2O5/c1-33-26(32)16-9-11-19(12-10-16)27-23(29)20(13-15-5-3-2-4-6-15)28-24(30)21-17-7-8-18(14-17)22(21)25(28)31/h2-6,9-12,17-18,20-22H,7-8,13-14H2,1H3,(H,27,29). The first-order valence-corrected chi connectivity index (χ1v) is 11.4. The van der Waals surface area contributed by atoms with E-state index in [0.717, 1.165) is 24.8 Å². The third kappa shape index (κ3) is 3.71. The average Bonchev–Trinajstić information content (AvgIpc) is 3.52. The maximum atomic E-state index is 13.4. The molecule has 3 amide bonds. The summed E-state index contributed by atoms with van der Waals surface area (Å²) >= 11 is 0. The highest BCUT2D eigenvalue weighted by Crippen LogP contribution is 2.56. The Balaban J connectivity index is 1.41. The van der Waals surface area contributed by atoms with E-state index in [4.69, 9.17) is 4.74 Å². The lowest BCUT2D eigenvalue weighted by Crippen LogP contribution is -2.49. The summed E-state index contributed by atoms with van der Waals surface area (Å²) in [5.41, 5.74) is 1.72. The second kappa shape index (κ2) is 8.46. The number of carbonyl (C=O) groups is 4. The molecule has 5 unspecified atom stereocenters. The van der Waals surface area contributed by atoms with Crippen LogP contribution in [0.25, 0.3) is 0 Å². The van der Waals surface area contributed by atoms with Crippen LogP contribution >= 0.6 is 0 Å². The van der Waals surface area contributed by atoms with Crippen LogP contribution in [0.3, 0.4) is 0 Å². The highest BCUT2D eigenvalue weighted by atomic mass is 16.5. The number of methoxy groups -OCH3 is 1. The molecule has 0 aromatic heterocycles. The monoisotopic (exact) mass is 446 g/mol. The Morgan fingerprint density at radius 3 is 2.15 bits per heavy atom. The Morgan fingerprint density at radius 2 is 1.58 bits per heavy atom. The first-order valence-electron chi connectivity index (χ1n) is 11.4. The lowest BCUT2D eigenvalue weighted by molar-refractivity contribution is -0.147. The quantitative estimate of drug-likeness (QED) is 0.544. The van der Waals surface area contributed by atoms with E-state index < -0.39 is 17.9 Å². The van der Waals surface area contributed by atoms with Crippen LogP contribution < -0.4 is 5.32 Å². The van der Waals surface area contributed by atoms with Crippen molar-refractivity contribution in [2.24, 2.45) is 23.7 Å². The Hall–Kier alpha value is -3.48. The summed E-state index contributed by atoms with van der Waals surface area (Å²) in [4.78, 5) is 53.1. The molecule has 1 saturated heterocycles. The van der Waals surface area contributed by atoms with Gasteiger partial charge in [0.05, 0.1) is 24.5 Å². The molecule has 170 valence electrons. The predicted octanol–water partition coefficient (Wildman–Crippen LogP) is 3.05. The molecule has 7 heteroatoms. The number of nitrogens with zero attached hydrogens (tertiary/aromatic N) is 1. The van der Waals surface area contributed by atoms with E-state index >= 15 is 0 Å². The van der Waals surface area contributed by atoms with Gasteiger partial charge in [0, 0.05) is 12.1 Å². The highest BCUT2D eigenvalue weighted by Gasteiger charge is 2.62. The summed E-state index contributed by atoms with van der Waals surface area (Å²) in [6.45, 7) is 0. The zero-order chi connectivity index (χ0) is 23.1. The van der Waals surface area contributed by atoms with E-state index in [9.17, 15) is 19.2 Å². The van der Waals surface area contributed by atoms with Crippen LogP contribution in [0.5, 0.6) is 0 Å². The van der Waals surface area contributed by atoms with E-state index in [2.05, 4.69) is 5.32 Å². The first kappa shape index (κ1) is 21.4. The maximum Gasteiger partial charge on any atom is 0.337 e. The number of rotatable bonds is 6. The Morgan fingerprint density at radius 1 is 0.970 bits per heavy atom. The molecule has 7 nitrogen and oxygen atoms in total. The van der Waals surface area contributed by atoms with Crippen LogP contribution in [0.2, 0.25) is 0 Å². The third-order valence-corrected chi connectivity index (χ3v) is 7.42. The van der Waals surface area contributed by atoms with Crippen LogP contribution in [0.1, 0.15) is 35.2 Å². The molecule has 5 rings (SSSR count). The van der Waals surface area contributed by atoms with Gasteiger partial charge < -0.3 is 10.1 Å². The summed E-state index contributed by atoms with van der Waals surface area (Å²) in [6.07, 6.45) is 3.17. The Kier molecular flexibility index (Phi) is 5.48. The summed E-state index contributed by atoms with van der Waals surface area (Å²) in [7, 11) is 1.30. The fourth-order valence-corrected chi connectivity index (χ4v) is 5.91. The third-order valence-electron chi connectivity index (χ3n) is 7.42. The van der Waals surface area contributed by atoms with E-state index in [-0.39, 0.29) is 41.9 Å². The summed E-state index contributed by atoms with van der Waals surface area (Å²) < 4.78 is 4.70. The lowest BCUT2D eigenvalue weighted by Gasteiger charge is -2.27. The van der Waals surface area contributed by atoms with Crippen LogP contribution in [-0.4, -0.2) is 41.7 Å². The summed E-state index contributed by atoms with van der Waals surface area (Å²) in [5, 5.41) is 2.83. The second-order valence-electron chi connectivity index (χ2n) is 9.19. The molecule has 1 N–H and O–H groups in total. The number of imide groups is 1. The molecule has 2 aliphatic carbocycles. The van der Waals surface area contributed by atoms with Crippen molar-refractivity contribution in [2.75, 3.05) is 12.4 Å². The number of ether oxygens (including phenoxy) is 1. The number of hydrogen-bond donors (Lipinski definition) is 1. The van der Waals surface area contributed by atoms with Crippen molar-refractivity contribution in [2.45, 2.75) is 31.7 Å². The number of carbonyl (C=O) groups excluding carboxylic acids is 4.